The lowest BCUT2D eigenvalue weighted by molar-refractivity contribution is -0.138. The first-order valence-corrected chi connectivity index (χ1v) is 7.70. The van der Waals surface area contributed by atoms with Crippen LogP contribution in [0, 0.1) is 0 Å². The lowest BCUT2D eigenvalue weighted by atomic mass is 10.2. The van der Waals surface area contributed by atoms with E-state index in [-0.39, 0.29) is 11.8 Å². The highest BCUT2D eigenvalue weighted by atomic mass is 35.5. The Morgan fingerprint density at radius 2 is 1.84 bits per heavy atom. The van der Waals surface area contributed by atoms with Gasteiger partial charge >= 0.3 is 0 Å². The van der Waals surface area contributed by atoms with E-state index in [4.69, 9.17) is 23.2 Å². The molecule has 0 aliphatic carbocycles. The molecule has 0 bridgehead atoms. The SMILES string of the molecule is O=C(Cc1cccs1)N1CCN(C(=O)C(Cl)Cl)CC1. The Balaban J connectivity index is 1.83. The van der Waals surface area contributed by atoms with Crippen molar-refractivity contribution in [2.75, 3.05) is 26.2 Å². The van der Waals surface area contributed by atoms with Gasteiger partial charge in [-0.05, 0) is 11.4 Å². The number of carbonyl (C=O) groups is 2. The predicted octanol–water partition coefficient (Wildman–Crippen LogP) is 1.77. The van der Waals surface area contributed by atoms with Gasteiger partial charge in [0.15, 0.2) is 4.84 Å². The molecule has 1 aliphatic rings. The highest BCUT2D eigenvalue weighted by molar-refractivity contribution is 7.10. The number of halogens is 2. The van der Waals surface area contributed by atoms with Crippen LogP contribution in [0.4, 0.5) is 0 Å². The van der Waals surface area contributed by atoms with Crippen LogP contribution in [0.25, 0.3) is 0 Å². The Bertz CT molecular complexity index is 443. The normalized spacial score (nSPS) is 15.9. The average Bonchev–Trinajstić information content (AvgIpc) is 2.90. The van der Waals surface area contributed by atoms with Crippen LogP contribution in [-0.2, 0) is 16.0 Å². The molecular formula is C12H14Cl2N2O2S. The summed E-state index contributed by atoms with van der Waals surface area (Å²) < 4.78 is 0. The minimum atomic E-state index is -1.02. The second kappa shape index (κ2) is 6.59. The molecule has 7 heteroatoms. The van der Waals surface area contributed by atoms with Crippen molar-refractivity contribution in [1.82, 2.24) is 9.80 Å². The molecular weight excluding hydrogens is 307 g/mol. The second-order valence-corrected chi connectivity index (χ2v) is 6.39. The fraction of sp³-hybridized carbons (Fsp3) is 0.500. The van der Waals surface area contributed by atoms with E-state index >= 15 is 0 Å². The summed E-state index contributed by atoms with van der Waals surface area (Å²) in [4.78, 5) is 27.1. The zero-order chi connectivity index (χ0) is 13.8. The van der Waals surface area contributed by atoms with Gasteiger partial charge in [0.1, 0.15) is 0 Å². The number of rotatable bonds is 3. The summed E-state index contributed by atoms with van der Waals surface area (Å²) in [6.07, 6.45) is 0.430. The maximum absolute atomic E-state index is 12.1. The Hall–Kier alpha value is -0.780. The van der Waals surface area contributed by atoms with Crippen LogP contribution < -0.4 is 0 Å². The average molecular weight is 321 g/mol. The largest absolute Gasteiger partial charge is 0.339 e. The molecule has 2 amide bonds. The summed E-state index contributed by atoms with van der Waals surface area (Å²) in [6, 6.07) is 3.89. The van der Waals surface area contributed by atoms with Crippen molar-refractivity contribution in [3.63, 3.8) is 0 Å². The van der Waals surface area contributed by atoms with Crippen LogP contribution >= 0.6 is 34.5 Å². The Morgan fingerprint density at radius 3 is 2.37 bits per heavy atom. The summed E-state index contributed by atoms with van der Waals surface area (Å²) in [5.74, 6) is -0.184. The summed E-state index contributed by atoms with van der Waals surface area (Å²) in [7, 11) is 0. The van der Waals surface area contributed by atoms with Crippen molar-refractivity contribution in [3.05, 3.63) is 22.4 Å². The molecule has 4 nitrogen and oxygen atoms in total. The van der Waals surface area contributed by atoms with Gasteiger partial charge in [0, 0.05) is 31.1 Å². The van der Waals surface area contributed by atoms with E-state index in [9.17, 15) is 9.59 Å². The van der Waals surface area contributed by atoms with E-state index in [2.05, 4.69) is 0 Å². The molecule has 1 saturated heterocycles. The minimum absolute atomic E-state index is 0.0999. The quantitative estimate of drug-likeness (QED) is 0.796. The second-order valence-electron chi connectivity index (χ2n) is 4.26. The van der Waals surface area contributed by atoms with Gasteiger partial charge in [0.25, 0.3) is 5.91 Å². The van der Waals surface area contributed by atoms with Crippen LogP contribution in [0.1, 0.15) is 4.88 Å². The topological polar surface area (TPSA) is 40.6 Å². The van der Waals surface area contributed by atoms with Crippen molar-refractivity contribution in [3.8, 4) is 0 Å². The van der Waals surface area contributed by atoms with E-state index in [0.29, 0.717) is 32.6 Å². The fourth-order valence-electron chi connectivity index (χ4n) is 1.99. The molecule has 19 heavy (non-hydrogen) atoms. The lowest BCUT2D eigenvalue weighted by Gasteiger charge is -2.35. The van der Waals surface area contributed by atoms with Crippen molar-refractivity contribution < 1.29 is 9.59 Å². The molecule has 2 heterocycles. The number of alkyl halides is 2. The Morgan fingerprint density at radius 1 is 1.21 bits per heavy atom. The third kappa shape index (κ3) is 3.84. The summed E-state index contributed by atoms with van der Waals surface area (Å²) in [6.45, 7) is 2.06. The van der Waals surface area contributed by atoms with E-state index in [1.807, 2.05) is 17.5 Å². The molecule has 104 valence electrons. The van der Waals surface area contributed by atoms with Crippen LogP contribution in [0.3, 0.4) is 0 Å². The minimum Gasteiger partial charge on any atom is -0.339 e. The molecule has 1 fully saturated rings. The zero-order valence-corrected chi connectivity index (χ0v) is 12.5. The summed E-state index contributed by atoms with van der Waals surface area (Å²) in [5.41, 5.74) is 0. The number of thiophene rings is 1. The molecule has 2 rings (SSSR count). The Labute approximate surface area is 125 Å². The van der Waals surface area contributed by atoms with Crippen LogP contribution in [0.5, 0.6) is 0 Å². The van der Waals surface area contributed by atoms with Gasteiger partial charge in [-0.3, -0.25) is 9.59 Å². The van der Waals surface area contributed by atoms with Gasteiger partial charge in [0.05, 0.1) is 6.42 Å². The van der Waals surface area contributed by atoms with Gasteiger partial charge < -0.3 is 9.80 Å². The predicted molar refractivity (Wildman–Crippen MR) is 76.7 cm³/mol. The van der Waals surface area contributed by atoms with Gasteiger partial charge in [-0.25, -0.2) is 0 Å². The van der Waals surface area contributed by atoms with Gasteiger partial charge in [-0.1, -0.05) is 29.3 Å². The maximum Gasteiger partial charge on any atom is 0.255 e. The molecule has 1 aromatic heterocycles. The molecule has 0 spiro atoms. The molecule has 0 N–H and O–H groups in total. The number of carbonyl (C=O) groups excluding carboxylic acids is 2. The highest BCUT2D eigenvalue weighted by Crippen LogP contribution is 2.13. The van der Waals surface area contributed by atoms with Crippen molar-refractivity contribution in [2.24, 2.45) is 0 Å². The first-order valence-electron chi connectivity index (χ1n) is 5.95. The number of hydrogen-bond donors (Lipinski definition) is 0. The number of hydrogen-bond acceptors (Lipinski definition) is 3. The smallest absolute Gasteiger partial charge is 0.255 e. The number of amides is 2. The zero-order valence-electron chi connectivity index (χ0n) is 10.2. The summed E-state index contributed by atoms with van der Waals surface area (Å²) >= 11 is 12.7. The van der Waals surface area contributed by atoms with E-state index in [1.54, 1.807) is 21.1 Å². The fourth-order valence-corrected chi connectivity index (χ4v) is 2.96. The highest BCUT2D eigenvalue weighted by Gasteiger charge is 2.26. The molecule has 0 atom stereocenters. The Kier molecular flexibility index (Phi) is 5.07. The third-order valence-electron chi connectivity index (χ3n) is 3.04. The molecule has 1 aromatic rings. The maximum atomic E-state index is 12.1. The molecule has 0 saturated carbocycles. The van der Waals surface area contributed by atoms with Crippen molar-refractivity contribution in [2.45, 2.75) is 11.3 Å². The standard InChI is InChI=1S/C12H14Cl2N2O2S/c13-11(14)12(18)16-5-3-15(4-6-16)10(17)8-9-2-1-7-19-9/h1-2,7,11H,3-6,8H2. The van der Waals surface area contributed by atoms with E-state index < -0.39 is 4.84 Å². The van der Waals surface area contributed by atoms with Gasteiger partial charge in [-0.2, -0.15) is 0 Å². The van der Waals surface area contributed by atoms with Crippen LogP contribution in [0.2, 0.25) is 0 Å². The van der Waals surface area contributed by atoms with Crippen LogP contribution in [-0.4, -0.2) is 52.6 Å². The first kappa shape index (κ1) is 14.6. The molecule has 0 unspecified atom stereocenters. The summed E-state index contributed by atoms with van der Waals surface area (Å²) in [5, 5.41) is 1.96. The monoisotopic (exact) mass is 320 g/mol. The molecule has 0 aromatic carbocycles. The van der Waals surface area contributed by atoms with E-state index in [1.165, 1.54) is 0 Å². The first-order chi connectivity index (χ1) is 9.08. The molecule has 1 aliphatic heterocycles. The van der Waals surface area contributed by atoms with Gasteiger partial charge in [-0.15, -0.1) is 11.3 Å². The number of nitrogens with zero attached hydrogens (tertiary/aromatic N) is 2. The third-order valence-corrected chi connectivity index (χ3v) is 4.29. The lowest BCUT2D eigenvalue weighted by Crippen LogP contribution is -2.52. The van der Waals surface area contributed by atoms with Crippen molar-refractivity contribution >= 4 is 46.4 Å². The number of piperazine rings is 1. The van der Waals surface area contributed by atoms with Crippen molar-refractivity contribution in [1.29, 1.82) is 0 Å². The molecule has 0 radical (unpaired) electrons. The van der Waals surface area contributed by atoms with Crippen LogP contribution in [0.15, 0.2) is 17.5 Å². The van der Waals surface area contributed by atoms with Gasteiger partial charge in [0.2, 0.25) is 5.91 Å². The van der Waals surface area contributed by atoms with E-state index in [0.717, 1.165) is 4.88 Å².